The molecular formula is C18H22N4O. The monoisotopic (exact) mass is 310 g/mol. The zero-order valence-electron chi connectivity index (χ0n) is 13.9. The van der Waals surface area contributed by atoms with Crippen LogP contribution in [0.4, 0.5) is 11.6 Å². The second-order valence-electron chi connectivity index (χ2n) is 6.73. The fraction of sp³-hybridized carbons (Fsp3) is 0.444. The second-order valence-corrected chi connectivity index (χ2v) is 6.73. The van der Waals surface area contributed by atoms with Crippen LogP contribution in [-0.2, 0) is 6.67 Å². The minimum Gasteiger partial charge on any atom is -0.298 e. The van der Waals surface area contributed by atoms with Crippen molar-refractivity contribution in [2.24, 2.45) is 0 Å². The zero-order chi connectivity index (χ0) is 16.1. The molecule has 1 aliphatic heterocycles. The summed E-state index contributed by atoms with van der Waals surface area (Å²) in [5, 5.41) is 0. The van der Waals surface area contributed by atoms with E-state index in [1.807, 2.05) is 18.4 Å². The maximum atomic E-state index is 12.7. The highest BCUT2D eigenvalue weighted by Crippen LogP contribution is 2.34. The van der Waals surface area contributed by atoms with Crippen molar-refractivity contribution in [2.45, 2.75) is 46.3 Å². The first-order chi connectivity index (χ1) is 11.0. The van der Waals surface area contributed by atoms with Crippen LogP contribution in [0.5, 0.6) is 0 Å². The number of aromatic nitrogens is 2. The highest BCUT2D eigenvalue weighted by atomic mass is 16.1. The number of hydrogen-bond donors (Lipinski definition) is 0. The molecule has 1 aliphatic carbocycles. The van der Waals surface area contributed by atoms with Gasteiger partial charge < -0.3 is 0 Å². The number of hydrogen-bond acceptors (Lipinski definition) is 4. The first kappa shape index (κ1) is 14.5. The van der Waals surface area contributed by atoms with E-state index in [9.17, 15) is 4.79 Å². The Hall–Kier alpha value is -2.14. The van der Waals surface area contributed by atoms with Crippen molar-refractivity contribution in [3.05, 3.63) is 51.4 Å². The van der Waals surface area contributed by atoms with Crippen molar-refractivity contribution < 1.29 is 0 Å². The third-order valence-electron chi connectivity index (χ3n) is 4.88. The molecule has 0 spiro atoms. The van der Waals surface area contributed by atoms with Crippen molar-refractivity contribution in [3.8, 4) is 0 Å². The standard InChI is InChI=1S/C18H22N4O/c1-12-5-4-6-16(9-12)21-10-20(15-7-8-15)11-22-17(23)13(2)14(3)19-18(21)22/h4-6,9,15H,7-8,10-11H2,1-3H3. The number of benzene rings is 1. The molecule has 0 unspecified atom stereocenters. The van der Waals surface area contributed by atoms with Crippen molar-refractivity contribution >= 4 is 11.6 Å². The Morgan fingerprint density at radius 1 is 1.13 bits per heavy atom. The molecule has 1 aromatic heterocycles. The molecule has 2 aliphatic rings. The van der Waals surface area contributed by atoms with Crippen LogP contribution in [0.15, 0.2) is 29.1 Å². The molecule has 5 nitrogen and oxygen atoms in total. The smallest absolute Gasteiger partial charge is 0.259 e. The first-order valence-corrected chi connectivity index (χ1v) is 8.21. The van der Waals surface area contributed by atoms with E-state index < -0.39 is 0 Å². The fourth-order valence-corrected chi connectivity index (χ4v) is 3.21. The second kappa shape index (κ2) is 5.20. The Kier molecular flexibility index (Phi) is 3.27. The van der Waals surface area contributed by atoms with Crippen molar-refractivity contribution in [2.75, 3.05) is 11.6 Å². The Balaban J connectivity index is 1.87. The van der Waals surface area contributed by atoms with Gasteiger partial charge in [-0.3, -0.25) is 19.2 Å². The van der Waals surface area contributed by atoms with Gasteiger partial charge in [-0.05, 0) is 51.3 Å². The van der Waals surface area contributed by atoms with Gasteiger partial charge in [-0.25, -0.2) is 4.98 Å². The van der Waals surface area contributed by atoms with Gasteiger partial charge in [0.05, 0.1) is 13.3 Å². The molecule has 0 N–H and O–H groups in total. The van der Waals surface area contributed by atoms with Crippen LogP contribution >= 0.6 is 0 Å². The van der Waals surface area contributed by atoms with Crippen LogP contribution in [0.2, 0.25) is 0 Å². The number of anilines is 2. The summed E-state index contributed by atoms with van der Waals surface area (Å²) in [6, 6.07) is 9.00. The van der Waals surface area contributed by atoms with Crippen molar-refractivity contribution in [1.29, 1.82) is 0 Å². The lowest BCUT2D eigenvalue weighted by molar-refractivity contribution is 0.188. The summed E-state index contributed by atoms with van der Waals surface area (Å²) >= 11 is 0. The summed E-state index contributed by atoms with van der Waals surface area (Å²) in [6.45, 7) is 7.32. The van der Waals surface area contributed by atoms with Gasteiger partial charge in [0, 0.05) is 23.0 Å². The molecule has 0 bridgehead atoms. The highest BCUT2D eigenvalue weighted by Gasteiger charge is 2.35. The lowest BCUT2D eigenvalue weighted by atomic mass is 10.2. The SMILES string of the molecule is Cc1cccc(N2CN(C3CC3)Cn3c2nc(C)c(C)c3=O)c1. The van der Waals surface area contributed by atoms with Crippen molar-refractivity contribution in [1.82, 2.24) is 14.5 Å². The summed E-state index contributed by atoms with van der Waals surface area (Å²) in [7, 11) is 0. The maximum Gasteiger partial charge on any atom is 0.259 e. The van der Waals surface area contributed by atoms with Gasteiger partial charge in [0.2, 0.25) is 5.95 Å². The third-order valence-corrected chi connectivity index (χ3v) is 4.88. The van der Waals surface area contributed by atoms with E-state index in [0.29, 0.717) is 12.7 Å². The minimum absolute atomic E-state index is 0.0792. The van der Waals surface area contributed by atoms with E-state index in [1.165, 1.54) is 18.4 Å². The summed E-state index contributed by atoms with van der Waals surface area (Å²) in [6.07, 6.45) is 2.45. The minimum atomic E-state index is 0.0792. The Morgan fingerprint density at radius 3 is 2.61 bits per heavy atom. The molecule has 5 heteroatoms. The fourth-order valence-electron chi connectivity index (χ4n) is 3.21. The average Bonchev–Trinajstić information content (AvgIpc) is 3.37. The Bertz CT molecular complexity index is 822. The number of fused-ring (bicyclic) bond motifs is 1. The molecule has 120 valence electrons. The number of rotatable bonds is 2. The third kappa shape index (κ3) is 2.45. The lowest BCUT2D eigenvalue weighted by Gasteiger charge is -2.38. The molecule has 0 radical (unpaired) electrons. The Morgan fingerprint density at radius 2 is 1.91 bits per heavy atom. The quantitative estimate of drug-likeness (QED) is 0.855. The van der Waals surface area contributed by atoms with Crippen LogP contribution in [0, 0.1) is 20.8 Å². The van der Waals surface area contributed by atoms with Crippen LogP contribution < -0.4 is 10.5 Å². The number of aryl methyl sites for hydroxylation is 2. The van der Waals surface area contributed by atoms with E-state index in [4.69, 9.17) is 4.98 Å². The number of nitrogens with zero attached hydrogens (tertiary/aromatic N) is 4. The van der Waals surface area contributed by atoms with Gasteiger partial charge in [0.25, 0.3) is 5.56 Å². The lowest BCUT2D eigenvalue weighted by Crippen LogP contribution is -2.48. The molecule has 1 fully saturated rings. The average molecular weight is 310 g/mol. The van der Waals surface area contributed by atoms with Crippen LogP contribution in [0.1, 0.15) is 29.7 Å². The molecule has 4 rings (SSSR count). The molecule has 0 amide bonds. The van der Waals surface area contributed by atoms with Gasteiger partial charge in [-0.15, -0.1) is 0 Å². The molecule has 1 aromatic carbocycles. The molecule has 0 atom stereocenters. The van der Waals surface area contributed by atoms with E-state index in [-0.39, 0.29) is 5.56 Å². The van der Waals surface area contributed by atoms with Crippen LogP contribution in [0.3, 0.4) is 0 Å². The molecule has 2 heterocycles. The first-order valence-electron chi connectivity index (χ1n) is 8.21. The van der Waals surface area contributed by atoms with Gasteiger partial charge in [0.1, 0.15) is 0 Å². The topological polar surface area (TPSA) is 41.4 Å². The van der Waals surface area contributed by atoms with Gasteiger partial charge in [-0.1, -0.05) is 12.1 Å². The molecule has 0 saturated heterocycles. The van der Waals surface area contributed by atoms with Gasteiger partial charge >= 0.3 is 0 Å². The highest BCUT2D eigenvalue weighted by molar-refractivity contribution is 5.59. The maximum absolute atomic E-state index is 12.7. The van der Waals surface area contributed by atoms with Crippen LogP contribution in [-0.4, -0.2) is 27.2 Å². The van der Waals surface area contributed by atoms with Crippen molar-refractivity contribution in [3.63, 3.8) is 0 Å². The van der Waals surface area contributed by atoms with E-state index in [1.54, 1.807) is 0 Å². The van der Waals surface area contributed by atoms with Gasteiger partial charge in [-0.2, -0.15) is 0 Å². The summed E-state index contributed by atoms with van der Waals surface area (Å²) in [4.78, 5) is 22.0. The normalized spacial score (nSPS) is 18.1. The summed E-state index contributed by atoms with van der Waals surface area (Å²) in [5.74, 6) is 0.764. The van der Waals surface area contributed by atoms with Crippen LogP contribution in [0.25, 0.3) is 0 Å². The van der Waals surface area contributed by atoms with E-state index in [0.717, 1.165) is 29.6 Å². The predicted molar refractivity (Wildman–Crippen MR) is 91.0 cm³/mol. The van der Waals surface area contributed by atoms with E-state index in [2.05, 4.69) is 41.0 Å². The zero-order valence-corrected chi connectivity index (χ0v) is 13.9. The molecular weight excluding hydrogens is 288 g/mol. The van der Waals surface area contributed by atoms with E-state index >= 15 is 0 Å². The summed E-state index contributed by atoms with van der Waals surface area (Å²) in [5.41, 5.74) is 3.95. The largest absolute Gasteiger partial charge is 0.298 e. The summed E-state index contributed by atoms with van der Waals surface area (Å²) < 4.78 is 1.83. The molecule has 23 heavy (non-hydrogen) atoms. The Labute approximate surface area is 136 Å². The molecule has 1 saturated carbocycles. The molecule has 2 aromatic rings. The van der Waals surface area contributed by atoms with Gasteiger partial charge in [0.15, 0.2) is 0 Å². The predicted octanol–water partition coefficient (Wildman–Crippen LogP) is 2.70.